The Morgan fingerprint density at radius 1 is 1.11 bits per heavy atom. The van der Waals surface area contributed by atoms with Crippen molar-refractivity contribution in [2.24, 2.45) is 5.14 Å². The maximum absolute atomic E-state index is 11.1. The third-order valence-electron chi connectivity index (χ3n) is 2.06. The Labute approximate surface area is 113 Å². The summed E-state index contributed by atoms with van der Waals surface area (Å²) in [6, 6.07) is 5.72. The van der Waals surface area contributed by atoms with Crippen molar-refractivity contribution in [3.8, 4) is 0 Å². The summed E-state index contributed by atoms with van der Waals surface area (Å²) in [4.78, 5) is 11.2. The summed E-state index contributed by atoms with van der Waals surface area (Å²) in [5.74, 6) is 0.129. The average molecular weight is 301 g/mol. The first-order valence-electron chi connectivity index (χ1n) is 4.91. The summed E-state index contributed by atoms with van der Waals surface area (Å²) in [5.41, 5.74) is 5.96. The number of benzene rings is 1. The van der Waals surface area contributed by atoms with E-state index in [0.29, 0.717) is 5.69 Å². The van der Waals surface area contributed by atoms with Gasteiger partial charge in [-0.3, -0.25) is 0 Å². The Hall–Kier alpha value is -1.97. The van der Waals surface area contributed by atoms with Gasteiger partial charge in [0.15, 0.2) is 0 Å². The zero-order chi connectivity index (χ0) is 14.0. The highest BCUT2D eigenvalue weighted by Crippen LogP contribution is 2.17. The number of nitrogens with zero attached hydrogens (tertiary/aromatic N) is 3. The van der Waals surface area contributed by atoms with Crippen molar-refractivity contribution in [3.63, 3.8) is 0 Å². The van der Waals surface area contributed by atoms with Crippen LogP contribution in [0.1, 0.15) is 0 Å². The predicted molar refractivity (Wildman–Crippen MR) is 70.3 cm³/mol. The highest BCUT2D eigenvalue weighted by atomic mass is 35.5. The van der Waals surface area contributed by atoms with E-state index in [9.17, 15) is 8.42 Å². The molecule has 2 rings (SSSR count). The minimum Gasteiger partial charge on any atom is -0.368 e. The number of primary sulfonamides is 1. The van der Waals surface area contributed by atoms with Crippen LogP contribution in [0.25, 0.3) is 0 Å². The van der Waals surface area contributed by atoms with Gasteiger partial charge in [0.25, 0.3) is 0 Å². The Morgan fingerprint density at radius 2 is 1.74 bits per heavy atom. The number of nitrogens with two attached hydrogens (primary N) is 2. The Kier molecular flexibility index (Phi) is 3.51. The van der Waals surface area contributed by atoms with Gasteiger partial charge >= 0.3 is 0 Å². The van der Waals surface area contributed by atoms with Gasteiger partial charge in [-0.2, -0.15) is 15.0 Å². The minimum absolute atomic E-state index is 0.00578. The quantitative estimate of drug-likeness (QED) is 0.750. The number of nitrogen functional groups attached to an aromatic ring is 1. The van der Waals surface area contributed by atoms with Crippen LogP contribution in [0.2, 0.25) is 5.28 Å². The maximum Gasteiger partial charge on any atom is 0.238 e. The first kappa shape index (κ1) is 13.5. The lowest BCUT2D eigenvalue weighted by Gasteiger charge is -2.05. The molecule has 2 aromatic rings. The van der Waals surface area contributed by atoms with Gasteiger partial charge in [-0.05, 0) is 35.9 Å². The molecule has 1 aromatic carbocycles. The summed E-state index contributed by atoms with van der Waals surface area (Å²) in [7, 11) is -3.72. The lowest BCUT2D eigenvalue weighted by atomic mass is 10.3. The van der Waals surface area contributed by atoms with Crippen molar-refractivity contribution in [3.05, 3.63) is 29.5 Å². The Morgan fingerprint density at radius 3 is 2.26 bits per heavy atom. The molecular formula is C9H9ClN6O2S. The molecule has 0 spiro atoms. The van der Waals surface area contributed by atoms with Gasteiger partial charge in [-0.1, -0.05) is 0 Å². The number of nitrogens with one attached hydrogen (secondary N) is 1. The molecule has 0 saturated heterocycles. The number of aromatic nitrogens is 3. The number of hydrogen-bond donors (Lipinski definition) is 3. The first-order chi connectivity index (χ1) is 8.84. The summed E-state index contributed by atoms with van der Waals surface area (Å²) >= 11 is 5.62. The van der Waals surface area contributed by atoms with Crippen LogP contribution in [-0.4, -0.2) is 23.4 Å². The summed E-state index contributed by atoms with van der Waals surface area (Å²) in [5, 5.41) is 7.74. The lowest BCUT2D eigenvalue weighted by molar-refractivity contribution is 0.598. The van der Waals surface area contributed by atoms with Crippen molar-refractivity contribution in [1.29, 1.82) is 0 Å². The molecule has 0 amide bonds. The van der Waals surface area contributed by atoms with E-state index in [-0.39, 0.29) is 22.1 Å². The highest BCUT2D eigenvalue weighted by molar-refractivity contribution is 7.89. The molecule has 0 bridgehead atoms. The molecule has 0 unspecified atom stereocenters. The van der Waals surface area contributed by atoms with E-state index in [4.69, 9.17) is 22.5 Å². The lowest BCUT2D eigenvalue weighted by Crippen LogP contribution is -2.11. The summed E-state index contributed by atoms with van der Waals surface area (Å²) < 4.78 is 22.2. The number of anilines is 3. The van der Waals surface area contributed by atoms with Crippen molar-refractivity contribution in [2.45, 2.75) is 4.90 Å². The average Bonchev–Trinajstić information content (AvgIpc) is 2.26. The Balaban J connectivity index is 2.24. The third kappa shape index (κ3) is 3.50. The summed E-state index contributed by atoms with van der Waals surface area (Å²) in [6.07, 6.45) is 0. The topological polar surface area (TPSA) is 137 Å². The highest BCUT2D eigenvalue weighted by Gasteiger charge is 2.07. The van der Waals surface area contributed by atoms with E-state index in [1.54, 1.807) is 0 Å². The number of halogens is 1. The molecule has 0 aliphatic heterocycles. The molecule has 0 fully saturated rings. The van der Waals surface area contributed by atoms with Crippen molar-refractivity contribution >= 4 is 39.2 Å². The number of hydrogen-bond acceptors (Lipinski definition) is 7. The molecule has 0 radical (unpaired) electrons. The zero-order valence-corrected chi connectivity index (χ0v) is 11.0. The molecule has 0 saturated carbocycles. The molecule has 1 heterocycles. The molecule has 0 aliphatic carbocycles. The predicted octanol–water partition coefficient (Wildman–Crippen LogP) is 0.498. The normalized spacial score (nSPS) is 11.3. The van der Waals surface area contributed by atoms with Gasteiger partial charge in [-0.25, -0.2) is 13.6 Å². The molecule has 0 atom stereocenters. The van der Waals surface area contributed by atoms with Gasteiger partial charge in [-0.15, -0.1) is 0 Å². The van der Waals surface area contributed by atoms with Gasteiger partial charge in [0.1, 0.15) is 0 Å². The zero-order valence-electron chi connectivity index (χ0n) is 9.41. The van der Waals surface area contributed by atoms with Crippen LogP contribution in [0.4, 0.5) is 17.6 Å². The molecule has 19 heavy (non-hydrogen) atoms. The molecule has 8 nitrogen and oxygen atoms in total. The Bertz CT molecular complexity index is 683. The van der Waals surface area contributed by atoms with Crippen LogP contribution in [0.3, 0.4) is 0 Å². The van der Waals surface area contributed by atoms with E-state index in [1.807, 2.05) is 0 Å². The van der Waals surface area contributed by atoms with Gasteiger partial charge in [0.2, 0.25) is 27.2 Å². The second-order valence-electron chi connectivity index (χ2n) is 3.48. The molecule has 10 heteroatoms. The number of rotatable bonds is 3. The van der Waals surface area contributed by atoms with Crippen molar-refractivity contribution in [2.75, 3.05) is 11.1 Å². The fourth-order valence-electron chi connectivity index (χ4n) is 1.28. The van der Waals surface area contributed by atoms with Crippen molar-refractivity contribution < 1.29 is 8.42 Å². The first-order valence-corrected chi connectivity index (χ1v) is 6.84. The fourth-order valence-corrected chi connectivity index (χ4v) is 1.96. The van der Waals surface area contributed by atoms with Crippen LogP contribution in [0, 0.1) is 0 Å². The second-order valence-corrected chi connectivity index (χ2v) is 5.38. The van der Waals surface area contributed by atoms with E-state index in [2.05, 4.69) is 20.3 Å². The van der Waals surface area contributed by atoms with Crippen LogP contribution >= 0.6 is 11.6 Å². The molecule has 0 aliphatic rings. The van der Waals surface area contributed by atoms with Crippen molar-refractivity contribution in [1.82, 2.24) is 15.0 Å². The SMILES string of the molecule is Nc1nc(Cl)nc(Nc2ccc(S(N)(=O)=O)cc2)n1. The van der Waals surface area contributed by atoms with E-state index >= 15 is 0 Å². The van der Waals surface area contributed by atoms with E-state index < -0.39 is 10.0 Å². The van der Waals surface area contributed by atoms with Crippen LogP contribution in [0.5, 0.6) is 0 Å². The van der Waals surface area contributed by atoms with Gasteiger partial charge < -0.3 is 11.1 Å². The van der Waals surface area contributed by atoms with Gasteiger partial charge in [0, 0.05) is 5.69 Å². The molecular weight excluding hydrogens is 292 g/mol. The maximum atomic E-state index is 11.1. The van der Waals surface area contributed by atoms with Gasteiger partial charge in [0.05, 0.1) is 4.90 Å². The number of sulfonamides is 1. The molecule has 5 N–H and O–H groups in total. The summed E-state index contributed by atoms with van der Waals surface area (Å²) in [6.45, 7) is 0. The second kappa shape index (κ2) is 4.96. The molecule has 100 valence electrons. The fraction of sp³-hybridized carbons (Fsp3) is 0. The minimum atomic E-state index is -3.72. The monoisotopic (exact) mass is 300 g/mol. The van der Waals surface area contributed by atoms with Crippen LogP contribution in [0.15, 0.2) is 29.2 Å². The molecule has 1 aromatic heterocycles. The third-order valence-corrected chi connectivity index (χ3v) is 3.16. The standard InChI is InChI=1S/C9H9ClN6O2S/c10-7-14-8(11)16-9(15-7)13-5-1-3-6(4-2-5)19(12,17)18/h1-4H,(H2,12,17,18)(H3,11,13,14,15,16). The van der Waals surface area contributed by atoms with Crippen LogP contribution < -0.4 is 16.2 Å². The van der Waals surface area contributed by atoms with Crippen LogP contribution in [-0.2, 0) is 10.0 Å². The largest absolute Gasteiger partial charge is 0.368 e. The van der Waals surface area contributed by atoms with E-state index in [0.717, 1.165) is 0 Å². The smallest absolute Gasteiger partial charge is 0.238 e. The van der Waals surface area contributed by atoms with E-state index in [1.165, 1.54) is 24.3 Å².